The van der Waals surface area contributed by atoms with Crippen LogP contribution in [0.15, 0.2) is 15.8 Å². The normalized spacial score (nSPS) is 10.1. The number of nitrogens with one attached hydrogen (secondary N) is 2. The lowest BCUT2D eigenvalue weighted by molar-refractivity contribution is 0.778. The van der Waals surface area contributed by atoms with Crippen molar-refractivity contribution in [2.75, 3.05) is 0 Å². The number of H-pyrrole nitrogens is 2. The van der Waals surface area contributed by atoms with E-state index in [2.05, 4.69) is 16.9 Å². The Kier molecular flexibility index (Phi) is 2.85. The molecule has 0 atom stereocenters. The molecule has 12 heavy (non-hydrogen) atoms. The highest BCUT2D eigenvalue weighted by molar-refractivity contribution is 5.02. The van der Waals surface area contributed by atoms with Crippen LogP contribution < -0.4 is 11.2 Å². The fourth-order valence-electron chi connectivity index (χ4n) is 0.991. The minimum absolute atomic E-state index is 0.271. The predicted octanol–water partition coefficient (Wildman–Crippen LogP) is 0.406. The van der Waals surface area contributed by atoms with Crippen LogP contribution >= 0.6 is 0 Å². The number of hydrogen-bond acceptors (Lipinski definition) is 2. The molecule has 1 heterocycles. The second-order valence-electron chi connectivity index (χ2n) is 2.70. The Morgan fingerprint density at radius 3 is 2.75 bits per heavy atom. The Hall–Kier alpha value is -1.32. The number of hydrogen-bond donors (Lipinski definition) is 2. The summed E-state index contributed by atoms with van der Waals surface area (Å²) < 4.78 is 0. The molecule has 0 fully saturated rings. The summed E-state index contributed by atoms with van der Waals surface area (Å²) in [6, 6.07) is 0. The predicted molar refractivity (Wildman–Crippen MR) is 46.3 cm³/mol. The van der Waals surface area contributed by atoms with Gasteiger partial charge in [-0.3, -0.25) is 9.78 Å². The first kappa shape index (κ1) is 8.77. The molecule has 0 bridgehead atoms. The summed E-state index contributed by atoms with van der Waals surface area (Å²) >= 11 is 0. The van der Waals surface area contributed by atoms with Crippen molar-refractivity contribution in [2.45, 2.75) is 26.2 Å². The maximum atomic E-state index is 11.1. The standard InChI is InChI=1S/C8H12N2O2/c1-2-3-4-6-5-9-8(12)10-7(6)11/h5H,2-4H2,1H3,(H2,9,10,11,12). The van der Waals surface area contributed by atoms with Crippen molar-refractivity contribution in [3.8, 4) is 0 Å². The molecule has 0 amide bonds. The highest BCUT2D eigenvalue weighted by Crippen LogP contribution is 1.95. The molecule has 1 aromatic heterocycles. The van der Waals surface area contributed by atoms with Crippen LogP contribution in [0.2, 0.25) is 0 Å². The van der Waals surface area contributed by atoms with Crippen LogP contribution in [0.1, 0.15) is 25.3 Å². The Morgan fingerprint density at radius 2 is 2.17 bits per heavy atom. The Labute approximate surface area is 69.7 Å². The van der Waals surface area contributed by atoms with Gasteiger partial charge in [0.15, 0.2) is 0 Å². The molecule has 0 aliphatic rings. The second kappa shape index (κ2) is 3.90. The average Bonchev–Trinajstić information content (AvgIpc) is 2.03. The van der Waals surface area contributed by atoms with Gasteiger partial charge in [-0.2, -0.15) is 0 Å². The minimum atomic E-state index is -0.444. The third-order valence-electron chi connectivity index (χ3n) is 1.70. The number of aromatic amines is 2. The first-order valence-corrected chi connectivity index (χ1v) is 4.05. The van der Waals surface area contributed by atoms with E-state index in [1.165, 1.54) is 6.20 Å². The summed E-state index contributed by atoms with van der Waals surface area (Å²) in [4.78, 5) is 26.3. The number of rotatable bonds is 3. The van der Waals surface area contributed by atoms with Gasteiger partial charge in [-0.15, -0.1) is 0 Å². The van der Waals surface area contributed by atoms with Crippen LogP contribution in [0.25, 0.3) is 0 Å². The van der Waals surface area contributed by atoms with Crippen LogP contribution in [-0.4, -0.2) is 9.97 Å². The molecule has 0 radical (unpaired) electrons. The zero-order chi connectivity index (χ0) is 8.97. The van der Waals surface area contributed by atoms with E-state index in [-0.39, 0.29) is 5.56 Å². The van der Waals surface area contributed by atoms with E-state index in [4.69, 9.17) is 0 Å². The molecular weight excluding hydrogens is 156 g/mol. The van der Waals surface area contributed by atoms with Gasteiger partial charge in [0.25, 0.3) is 5.56 Å². The monoisotopic (exact) mass is 168 g/mol. The largest absolute Gasteiger partial charge is 0.325 e. The van der Waals surface area contributed by atoms with Gasteiger partial charge >= 0.3 is 5.69 Å². The molecular formula is C8H12N2O2. The molecule has 0 aliphatic heterocycles. The average molecular weight is 168 g/mol. The summed E-state index contributed by atoms with van der Waals surface area (Å²) in [5, 5.41) is 0. The van der Waals surface area contributed by atoms with Gasteiger partial charge < -0.3 is 4.98 Å². The van der Waals surface area contributed by atoms with Crippen LogP contribution in [0.4, 0.5) is 0 Å². The first-order valence-electron chi connectivity index (χ1n) is 4.05. The number of aromatic nitrogens is 2. The lowest BCUT2D eigenvalue weighted by atomic mass is 10.1. The molecule has 0 aliphatic carbocycles. The van der Waals surface area contributed by atoms with E-state index in [9.17, 15) is 9.59 Å². The molecule has 0 aromatic carbocycles. The Balaban J connectivity index is 2.87. The second-order valence-corrected chi connectivity index (χ2v) is 2.70. The fourth-order valence-corrected chi connectivity index (χ4v) is 0.991. The van der Waals surface area contributed by atoms with E-state index in [1.54, 1.807) is 0 Å². The lowest BCUT2D eigenvalue weighted by Crippen LogP contribution is -2.24. The Morgan fingerprint density at radius 1 is 1.42 bits per heavy atom. The maximum Gasteiger partial charge on any atom is 0.325 e. The molecule has 66 valence electrons. The van der Waals surface area contributed by atoms with Gasteiger partial charge in [-0.1, -0.05) is 13.3 Å². The van der Waals surface area contributed by atoms with E-state index in [0.29, 0.717) is 5.56 Å². The maximum absolute atomic E-state index is 11.1. The SMILES string of the molecule is CCCCc1c[nH]c(=O)[nH]c1=O. The summed E-state index contributed by atoms with van der Waals surface area (Å²) in [5.74, 6) is 0. The van der Waals surface area contributed by atoms with Crippen LogP contribution in [0.3, 0.4) is 0 Å². The molecule has 1 aromatic rings. The molecule has 0 spiro atoms. The highest BCUT2D eigenvalue weighted by Gasteiger charge is 1.97. The van der Waals surface area contributed by atoms with Gasteiger partial charge in [0.1, 0.15) is 0 Å². The molecule has 1 rings (SSSR count). The quantitative estimate of drug-likeness (QED) is 0.686. The van der Waals surface area contributed by atoms with E-state index in [0.717, 1.165) is 19.3 Å². The summed E-state index contributed by atoms with van der Waals surface area (Å²) in [5.41, 5.74) is -0.0658. The van der Waals surface area contributed by atoms with Crippen molar-refractivity contribution in [1.29, 1.82) is 0 Å². The van der Waals surface area contributed by atoms with Crippen LogP contribution in [-0.2, 0) is 6.42 Å². The van der Waals surface area contributed by atoms with E-state index in [1.807, 2.05) is 0 Å². The van der Waals surface area contributed by atoms with E-state index >= 15 is 0 Å². The first-order chi connectivity index (χ1) is 5.74. The number of aryl methyl sites for hydroxylation is 1. The number of unbranched alkanes of at least 4 members (excludes halogenated alkanes) is 1. The van der Waals surface area contributed by atoms with Crippen molar-refractivity contribution < 1.29 is 0 Å². The molecule has 4 heteroatoms. The van der Waals surface area contributed by atoms with Crippen LogP contribution in [0, 0.1) is 0 Å². The molecule has 0 unspecified atom stereocenters. The van der Waals surface area contributed by atoms with Crippen molar-refractivity contribution in [2.24, 2.45) is 0 Å². The van der Waals surface area contributed by atoms with E-state index < -0.39 is 5.69 Å². The summed E-state index contributed by atoms with van der Waals surface area (Å²) in [6.07, 6.45) is 4.22. The summed E-state index contributed by atoms with van der Waals surface area (Å²) in [6.45, 7) is 2.06. The smallest absolute Gasteiger partial charge is 0.314 e. The van der Waals surface area contributed by atoms with Crippen molar-refractivity contribution in [3.63, 3.8) is 0 Å². The third-order valence-corrected chi connectivity index (χ3v) is 1.70. The molecule has 0 saturated heterocycles. The zero-order valence-electron chi connectivity index (χ0n) is 7.02. The molecule has 2 N–H and O–H groups in total. The summed E-state index contributed by atoms with van der Waals surface area (Å²) in [7, 11) is 0. The molecule has 4 nitrogen and oxygen atoms in total. The minimum Gasteiger partial charge on any atom is -0.314 e. The van der Waals surface area contributed by atoms with Crippen molar-refractivity contribution >= 4 is 0 Å². The van der Waals surface area contributed by atoms with Gasteiger partial charge in [-0.05, 0) is 12.8 Å². The van der Waals surface area contributed by atoms with Crippen molar-refractivity contribution in [1.82, 2.24) is 9.97 Å². The Bertz CT molecular complexity index is 351. The van der Waals surface area contributed by atoms with Gasteiger partial charge in [0.2, 0.25) is 0 Å². The van der Waals surface area contributed by atoms with Crippen LogP contribution in [0.5, 0.6) is 0 Å². The lowest BCUT2D eigenvalue weighted by Gasteiger charge is -1.95. The van der Waals surface area contributed by atoms with Crippen molar-refractivity contribution in [3.05, 3.63) is 32.6 Å². The van der Waals surface area contributed by atoms with Gasteiger partial charge in [-0.25, -0.2) is 4.79 Å². The fraction of sp³-hybridized carbons (Fsp3) is 0.500. The van der Waals surface area contributed by atoms with Gasteiger partial charge in [0, 0.05) is 11.8 Å². The highest BCUT2D eigenvalue weighted by atomic mass is 16.2. The molecule has 0 saturated carbocycles. The zero-order valence-corrected chi connectivity index (χ0v) is 7.02. The third kappa shape index (κ3) is 2.08. The topological polar surface area (TPSA) is 65.7 Å². The van der Waals surface area contributed by atoms with Gasteiger partial charge in [0.05, 0.1) is 0 Å².